The van der Waals surface area contributed by atoms with Gasteiger partial charge in [0.15, 0.2) is 0 Å². The van der Waals surface area contributed by atoms with Crippen molar-refractivity contribution in [3.8, 4) is 0 Å². The number of nitrogens with zero attached hydrogens (tertiary/aromatic N) is 2. The fraction of sp³-hybridized carbons (Fsp3) is 0.636. The van der Waals surface area contributed by atoms with Crippen molar-refractivity contribution in [2.45, 2.75) is 44.6 Å². The van der Waals surface area contributed by atoms with Gasteiger partial charge >= 0.3 is 5.97 Å². The minimum Gasteiger partial charge on any atom is -0.480 e. The van der Waals surface area contributed by atoms with Crippen LogP contribution in [0.2, 0.25) is 0 Å². The summed E-state index contributed by atoms with van der Waals surface area (Å²) in [6.45, 7) is 5.01. The summed E-state index contributed by atoms with van der Waals surface area (Å²) in [6.07, 6.45) is 0.817. The smallest absolute Gasteiger partial charge is 0.321 e. The first kappa shape index (κ1) is 15.6. The second-order valence-corrected chi connectivity index (χ2v) is 6.08. The Labute approximate surface area is 112 Å². The number of aliphatic carboxylic acids is 1. The van der Waals surface area contributed by atoms with Crippen molar-refractivity contribution in [2.75, 3.05) is 0 Å². The third-order valence-corrected chi connectivity index (χ3v) is 4.61. The number of aryl methyl sites for hydroxylation is 2. The lowest BCUT2D eigenvalue weighted by Gasteiger charge is -2.14. The van der Waals surface area contributed by atoms with E-state index in [0.29, 0.717) is 17.8 Å². The second-order valence-electron chi connectivity index (χ2n) is 4.42. The average Bonchev–Trinajstić information content (AvgIpc) is 2.52. The van der Waals surface area contributed by atoms with Crippen LogP contribution in [0.15, 0.2) is 4.90 Å². The first-order chi connectivity index (χ1) is 8.70. The minimum atomic E-state index is -3.88. The third kappa shape index (κ3) is 3.32. The van der Waals surface area contributed by atoms with E-state index in [1.54, 1.807) is 27.8 Å². The minimum absolute atomic E-state index is 0.0531. The van der Waals surface area contributed by atoms with Gasteiger partial charge in [-0.1, -0.05) is 13.3 Å². The molecule has 0 saturated carbocycles. The van der Waals surface area contributed by atoms with Crippen molar-refractivity contribution in [1.29, 1.82) is 0 Å². The van der Waals surface area contributed by atoms with E-state index >= 15 is 0 Å². The molecule has 0 saturated heterocycles. The van der Waals surface area contributed by atoms with Gasteiger partial charge in [-0.2, -0.15) is 9.82 Å². The maximum absolute atomic E-state index is 12.2. The van der Waals surface area contributed by atoms with E-state index < -0.39 is 22.0 Å². The van der Waals surface area contributed by atoms with E-state index in [2.05, 4.69) is 9.82 Å². The Morgan fingerprint density at radius 3 is 2.42 bits per heavy atom. The molecule has 0 bridgehead atoms. The topological polar surface area (TPSA) is 101 Å². The molecule has 1 heterocycles. The van der Waals surface area contributed by atoms with Crippen LogP contribution in [-0.4, -0.2) is 35.3 Å². The quantitative estimate of drug-likeness (QED) is 0.797. The Hall–Kier alpha value is -1.41. The van der Waals surface area contributed by atoms with Crippen molar-refractivity contribution in [2.24, 2.45) is 7.05 Å². The van der Waals surface area contributed by atoms with Crippen LogP contribution in [0.25, 0.3) is 0 Å². The highest BCUT2D eigenvalue weighted by Gasteiger charge is 2.29. The Morgan fingerprint density at radius 2 is 2.05 bits per heavy atom. The fourth-order valence-corrected chi connectivity index (χ4v) is 3.57. The monoisotopic (exact) mass is 289 g/mol. The summed E-state index contributed by atoms with van der Waals surface area (Å²) in [5.41, 5.74) is 0.832. The average molecular weight is 289 g/mol. The molecule has 8 heteroatoms. The molecule has 1 rings (SSSR count). The molecule has 1 aromatic heterocycles. The van der Waals surface area contributed by atoms with Gasteiger partial charge in [0.05, 0.1) is 11.4 Å². The van der Waals surface area contributed by atoms with Gasteiger partial charge in [-0.3, -0.25) is 9.48 Å². The molecule has 0 spiro atoms. The second kappa shape index (κ2) is 5.70. The van der Waals surface area contributed by atoms with E-state index in [0.717, 1.165) is 0 Å². The summed E-state index contributed by atoms with van der Waals surface area (Å²) in [4.78, 5) is 11.1. The summed E-state index contributed by atoms with van der Waals surface area (Å²) in [7, 11) is -2.24. The van der Waals surface area contributed by atoms with Gasteiger partial charge in [0.25, 0.3) is 0 Å². The lowest BCUT2D eigenvalue weighted by molar-refractivity contribution is -0.139. The predicted octanol–water partition coefficient (Wildman–Crippen LogP) is 0.569. The molecule has 0 aromatic carbocycles. The van der Waals surface area contributed by atoms with Crippen molar-refractivity contribution in [1.82, 2.24) is 14.5 Å². The zero-order valence-electron chi connectivity index (χ0n) is 11.5. The highest BCUT2D eigenvalue weighted by molar-refractivity contribution is 7.89. The van der Waals surface area contributed by atoms with Crippen LogP contribution >= 0.6 is 0 Å². The van der Waals surface area contributed by atoms with Gasteiger partial charge in [0, 0.05) is 7.05 Å². The predicted molar refractivity (Wildman–Crippen MR) is 69.3 cm³/mol. The van der Waals surface area contributed by atoms with Gasteiger partial charge < -0.3 is 5.11 Å². The van der Waals surface area contributed by atoms with Crippen LogP contribution in [0.1, 0.15) is 31.2 Å². The van der Waals surface area contributed by atoms with Gasteiger partial charge in [0.2, 0.25) is 10.0 Å². The third-order valence-electron chi connectivity index (χ3n) is 2.88. The number of carboxylic acids is 1. The summed E-state index contributed by atoms with van der Waals surface area (Å²) in [5.74, 6) is -1.18. The Balaban J connectivity index is 3.14. The van der Waals surface area contributed by atoms with E-state index in [4.69, 9.17) is 5.11 Å². The number of carbonyl (C=O) groups is 1. The molecule has 0 aliphatic carbocycles. The number of rotatable bonds is 6. The molecular weight excluding hydrogens is 270 g/mol. The highest BCUT2D eigenvalue weighted by atomic mass is 32.2. The van der Waals surface area contributed by atoms with Crippen molar-refractivity contribution in [3.05, 3.63) is 11.4 Å². The number of sulfonamides is 1. The standard InChI is InChI=1S/C11H19N3O4S/c1-5-6-9(11(15)16)13-19(17,18)10-7(2)12-14(4)8(10)3/h9,13H,5-6H2,1-4H3,(H,15,16). The molecule has 0 radical (unpaired) electrons. The van der Waals surface area contributed by atoms with E-state index in [1.807, 2.05) is 0 Å². The molecule has 1 aromatic rings. The summed E-state index contributed by atoms with van der Waals surface area (Å²) in [5, 5.41) is 13.0. The van der Waals surface area contributed by atoms with Gasteiger partial charge in [0.1, 0.15) is 10.9 Å². The summed E-state index contributed by atoms with van der Waals surface area (Å²) in [6, 6.07) is -1.12. The molecule has 108 valence electrons. The Kier molecular flexibility index (Phi) is 4.70. The SMILES string of the molecule is CCCC(NS(=O)(=O)c1c(C)nn(C)c1C)C(=O)O. The van der Waals surface area contributed by atoms with Crippen LogP contribution < -0.4 is 4.72 Å². The molecule has 7 nitrogen and oxygen atoms in total. The molecule has 19 heavy (non-hydrogen) atoms. The first-order valence-electron chi connectivity index (χ1n) is 5.96. The number of nitrogens with one attached hydrogen (secondary N) is 1. The molecule has 2 N–H and O–H groups in total. The van der Waals surface area contributed by atoms with Gasteiger partial charge in [-0.15, -0.1) is 0 Å². The number of hydrogen-bond donors (Lipinski definition) is 2. The molecule has 0 aliphatic heterocycles. The first-order valence-corrected chi connectivity index (χ1v) is 7.44. The van der Waals surface area contributed by atoms with Gasteiger partial charge in [-0.25, -0.2) is 8.42 Å². The van der Waals surface area contributed by atoms with Crippen molar-refractivity contribution < 1.29 is 18.3 Å². The van der Waals surface area contributed by atoms with Crippen LogP contribution in [0.5, 0.6) is 0 Å². The van der Waals surface area contributed by atoms with Crippen LogP contribution in [0, 0.1) is 13.8 Å². The largest absolute Gasteiger partial charge is 0.480 e. The Bertz CT molecular complexity index is 577. The van der Waals surface area contributed by atoms with Crippen LogP contribution in [0.4, 0.5) is 0 Å². The zero-order chi connectivity index (χ0) is 14.8. The lowest BCUT2D eigenvalue weighted by atomic mass is 10.2. The molecule has 0 amide bonds. The summed E-state index contributed by atoms with van der Waals surface area (Å²) >= 11 is 0. The van der Waals surface area contributed by atoms with Crippen molar-refractivity contribution in [3.63, 3.8) is 0 Å². The molecule has 0 fully saturated rings. The molecule has 0 aliphatic rings. The normalized spacial score (nSPS) is 13.5. The van der Waals surface area contributed by atoms with Crippen molar-refractivity contribution >= 4 is 16.0 Å². The van der Waals surface area contributed by atoms with Gasteiger partial charge in [-0.05, 0) is 20.3 Å². The molecule has 1 atom stereocenters. The highest BCUT2D eigenvalue weighted by Crippen LogP contribution is 2.19. The Morgan fingerprint density at radius 1 is 1.47 bits per heavy atom. The fourth-order valence-electron chi connectivity index (χ4n) is 1.91. The van der Waals surface area contributed by atoms with Crippen LogP contribution in [-0.2, 0) is 21.9 Å². The van der Waals surface area contributed by atoms with E-state index in [9.17, 15) is 13.2 Å². The van der Waals surface area contributed by atoms with E-state index in [1.165, 1.54) is 4.68 Å². The lowest BCUT2D eigenvalue weighted by Crippen LogP contribution is -2.40. The molecule has 1 unspecified atom stereocenters. The summed E-state index contributed by atoms with van der Waals surface area (Å²) < 4.78 is 28.2. The number of hydrogen-bond acceptors (Lipinski definition) is 4. The number of aromatic nitrogens is 2. The zero-order valence-corrected chi connectivity index (χ0v) is 12.3. The number of carboxylic acid groups (broad SMARTS) is 1. The van der Waals surface area contributed by atoms with E-state index in [-0.39, 0.29) is 11.3 Å². The maximum Gasteiger partial charge on any atom is 0.321 e. The molecular formula is C11H19N3O4S. The van der Waals surface area contributed by atoms with Crippen LogP contribution in [0.3, 0.4) is 0 Å². The maximum atomic E-state index is 12.2.